The van der Waals surface area contributed by atoms with Crippen LogP contribution in [0.3, 0.4) is 0 Å². The van der Waals surface area contributed by atoms with Gasteiger partial charge in [0.1, 0.15) is 17.5 Å². The maximum Gasteiger partial charge on any atom is 0.254 e. The van der Waals surface area contributed by atoms with E-state index in [4.69, 9.17) is 21.9 Å². The van der Waals surface area contributed by atoms with Crippen LogP contribution in [0, 0.1) is 11.2 Å². The number of fused-ring (bicyclic) bond motifs is 1. The Labute approximate surface area is 261 Å². The fourth-order valence-corrected chi connectivity index (χ4v) is 5.69. The Morgan fingerprint density at radius 3 is 2.27 bits per heavy atom. The number of amides is 1. The summed E-state index contributed by atoms with van der Waals surface area (Å²) in [5.74, 6) is 0.532. The van der Waals surface area contributed by atoms with Crippen LogP contribution in [0.1, 0.15) is 91.2 Å². The number of nitrogens with one attached hydrogen (secondary N) is 1. The number of halogens is 1. The molecule has 8 heteroatoms. The molecule has 0 fully saturated rings. The van der Waals surface area contributed by atoms with Gasteiger partial charge in [-0.25, -0.2) is 9.37 Å². The van der Waals surface area contributed by atoms with Gasteiger partial charge < -0.3 is 20.9 Å². The first-order valence-electron chi connectivity index (χ1n) is 16.1. The molecule has 7 nitrogen and oxygen atoms in total. The molecule has 4 rings (SSSR count). The molecule has 44 heavy (non-hydrogen) atoms. The van der Waals surface area contributed by atoms with Crippen LogP contribution in [0.5, 0.6) is 0 Å². The smallest absolute Gasteiger partial charge is 0.254 e. The van der Waals surface area contributed by atoms with Gasteiger partial charge in [0.15, 0.2) is 0 Å². The number of imidazole rings is 1. The summed E-state index contributed by atoms with van der Waals surface area (Å²) >= 11 is 0. The van der Waals surface area contributed by atoms with E-state index in [1.54, 1.807) is 23.1 Å². The van der Waals surface area contributed by atoms with Crippen LogP contribution < -0.4 is 11.5 Å². The molecule has 1 heterocycles. The van der Waals surface area contributed by atoms with Crippen molar-refractivity contribution >= 4 is 22.8 Å². The summed E-state index contributed by atoms with van der Waals surface area (Å²) in [6.07, 6.45) is 11.6. The van der Waals surface area contributed by atoms with Crippen molar-refractivity contribution in [3.8, 4) is 0 Å². The van der Waals surface area contributed by atoms with E-state index in [1.165, 1.54) is 51.0 Å². The van der Waals surface area contributed by atoms with Crippen LogP contribution in [-0.2, 0) is 25.9 Å². The number of hydrogen-bond acceptors (Lipinski definition) is 4. The number of carbonyl (C=O) groups excluding carboxylic acids is 1. The normalized spacial score (nSPS) is 11.2. The number of unbranched alkanes of at least 4 members (excludes halogenated alkanes) is 7. The van der Waals surface area contributed by atoms with Crippen molar-refractivity contribution in [3.63, 3.8) is 0 Å². The number of nitrogens with zero attached hydrogens (tertiary/aromatic N) is 3. The lowest BCUT2D eigenvalue weighted by Crippen LogP contribution is -2.35. The Balaban J connectivity index is 1.53. The van der Waals surface area contributed by atoms with Gasteiger partial charge in [-0.2, -0.15) is 0 Å². The second-order valence-electron chi connectivity index (χ2n) is 11.6. The quantitative estimate of drug-likeness (QED) is 0.0651. The maximum absolute atomic E-state index is 14.4. The number of aromatic nitrogens is 2. The molecule has 0 saturated carbocycles. The van der Waals surface area contributed by atoms with E-state index < -0.39 is 0 Å². The lowest BCUT2D eigenvalue weighted by molar-refractivity contribution is 0.0747. The zero-order valence-electron chi connectivity index (χ0n) is 26.0. The Hall–Kier alpha value is -4.04. The molecule has 0 aliphatic carbocycles. The van der Waals surface area contributed by atoms with Crippen LogP contribution >= 0.6 is 0 Å². The number of nitrogen functional groups attached to an aromatic ring is 1. The minimum absolute atomic E-state index is 0.0630. The zero-order valence-corrected chi connectivity index (χ0v) is 26.0. The SMILES string of the molecule is CCCCCCCCCCn1c(CCc2ccc(C(=N)N)cc2)nc2cc(C(=O)N(CCN)Cc3ccccc3F)ccc21. The summed E-state index contributed by atoms with van der Waals surface area (Å²) in [7, 11) is 0. The molecular weight excluding hydrogens is 551 g/mol. The Morgan fingerprint density at radius 1 is 0.909 bits per heavy atom. The number of rotatable bonds is 18. The molecule has 0 unspecified atom stereocenters. The monoisotopic (exact) mass is 598 g/mol. The molecule has 5 N–H and O–H groups in total. The van der Waals surface area contributed by atoms with E-state index in [-0.39, 0.29) is 30.6 Å². The second kappa shape index (κ2) is 16.7. The predicted octanol–water partition coefficient (Wildman–Crippen LogP) is 6.99. The molecule has 0 aliphatic heterocycles. The van der Waals surface area contributed by atoms with E-state index in [0.717, 1.165) is 48.2 Å². The Bertz CT molecular complexity index is 1510. The van der Waals surface area contributed by atoms with E-state index >= 15 is 0 Å². The van der Waals surface area contributed by atoms with Crippen LogP contribution in [0.2, 0.25) is 0 Å². The number of nitrogens with two attached hydrogens (primary N) is 2. The van der Waals surface area contributed by atoms with E-state index in [0.29, 0.717) is 23.2 Å². The van der Waals surface area contributed by atoms with Crippen molar-refractivity contribution in [3.05, 3.63) is 101 Å². The van der Waals surface area contributed by atoms with E-state index in [1.807, 2.05) is 42.5 Å². The standard InChI is InChI=1S/C36H47FN6O/c1-2-3-4-5-6-7-8-11-23-43-33-20-19-29(36(44)42(24-22-38)26-30-12-9-10-13-31(30)37)25-32(33)41-34(43)21-16-27-14-17-28(18-15-27)35(39)40/h9-10,12-15,17-20,25H,2-8,11,16,21-24,26,38H2,1H3,(H3,39,40). The van der Waals surface area contributed by atoms with Crippen molar-refractivity contribution in [2.24, 2.45) is 11.5 Å². The molecule has 1 amide bonds. The second-order valence-corrected chi connectivity index (χ2v) is 11.6. The fourth-order valence-electron chi connectivity index (χ4n) is 5.69. The van der Waals surface area contributed by atoms with Gasteiger partial charge in [-0.1, -0.05) is 94.3 Å². The van der Waals surface area contributed by atoms with Crippen LogP contribution in [0.25, 0.3) is 11.0 Å². The van der Waals surface area contributed by atoms with Crippen molar-refractivity contribution in [1.82, 2.24) is 14.5 Å². The largest absolute Gasteiger partial charge is 0.384 e. The number of hydrogen-bond donors (Lipinski definition) is 3. The highest BCUT2D eigenvalue weighted by Gasteiger charge is 2.19. The molecule has 234 valence electrons. The Morgan fingerprint density at radius 2 is 1.59 bits per heavy atom. The number of aryl methyl sites for hydroxylation is 3. The third-order valence-corrected chi connectivity index (χ3v) is 8.22. The molecule has 0 radical (unpaired) electrons. The fraction of sp³-hybridized carbons (Fsp3) is 0.417. The highest BCUT2D eigenvalue weighted by molar-refractivity contribution is 5.97. The first kappa shape index (κ1) is 32.9. The highest BCUT2D eigenvalue weighted by Crippen LogP contribution is 2.23. The van der Waals surface area contributed by atoms with Crippen molar-refractivity contribution < 1.29 is 9.18 Å². The number of amidine groups is 1. The summed E-state index contributed by atoms with van der Waals surface area (Å²) in [5, 5.41) is 7.65. The van der Waals surface area contributed by atoms with Gasteiger partial charge in [0, 0.05) is 49.3 Å². The maximum atomic E-state index is 14.4. The third kappa shape index (κ3) is 8.99. The zero-order chi connectivity index (χ0) is 31.3. The van der Waals surface area contributed by atoms with Gasteiger partial charge in [-0.15, -0.1) is 0 Å². The topological polar surface area (TPSA) is 114 Å². The number of benzene rings is 3. The molecular formula is C36H47FN6O. The van der Waals surface area contributed by atoms with Crippen molar-refractivity contribution in [2.45, 2.75) is 84.2 Å². The lowest BCUT2D eigenvalue weighted by atomic mass is 10.1. The predicted molar refractivity (Wildman–Crippen MR) is 177 cm³/mol. The van der Waals surface area contributed by atoms with Crippen LogP contribution in [0.15, 0.2) is 66.7 Å². The summed E-state index contributed by atoms with van der Waals surface area (Å²) < 4.78 is 16.7. The Kier molecular flexibility index (Phi) is 12.5. The molecule has 0 bridgehead atoms. The molecule has 0 spiro atoms. The molecule has 0 aliphatic rings. The van der Waals surface area contributed by atoms with Gasteiger partial charge in [-0.05, 0) is 42.7 Å². The molecule has 0 atom stereocenters. The molecule has 0 saturated heterocycles. The first-order valence-corrected chi connectivity index (χ1v) is 16.1. The van der Waals surface area contributed by atoms with E-state index in [2.05, 4.69) is 11.5 Å². The van der Waals surface area contributed by atoms with Crippen molar-refractivity contribution in [2.75, 3.05) is 13.1 Å². The first-order chi connectivity index (χ1) is 21.4. The molecule has 4 aromatic rings. The highest BCUT2D eigenvalue weighted by atomic mass is 19.1. The summed E-state index contributed by atoms with van der Waals surface area (Å²) in [5.41, 5.74) is 16.1. The van der Waals surface area contributed by atoms with Gasteiger partial charge in [0.05, 0.1) is 11.0 Å². The third-order valence-electron chi connectivity index (χ3n) is 8.22. The molecule has 1 aromatic heterocycles. The van der Waals surface area contributed by atoms with Gasteiger partial charge in [0.2, 0.25) is 0 Å². The van der Waals surface area contributed by atoms with Gasteiger partial charge >= 0.3 is 0 Å². The average Bonchev–Trinajstić information content (AvgIpc) is 3.38. The minimum atomic E-state index is -0.335. The van der Waals surface area contributed by atoms with E-state index in [9.17, 15) is 9.18 Å². The number of carbonyl (C=O) groups is 1. The van der Waals surface area contributed by atoms with Crippen LogP contribution in [0.4, 0.5) is 4.39 Å². The minimum Gasteiger partial charge on any atom is -0.384 e. The van der Waals surface area contributed by atoms with Gasteiger partial charge in [0.25, 0.3) is 5.91 Å². The summed E-state index contributed by atoms with van der Waals surface area (Å²) in [6, 6.07) is 20.0. The molecule has 3 aromatic carbocycles. The van der Waals surface area contributed by atoms with Crippen LogP contribution in [-0.4, -0.2) is 39.3 Å². The lowest BCUT2D eigenvalue weighted by Gasteiger charge is -2.22. The average molecular weight is 599 g/mol. The van der Waals surface area contributed by atoms with Gasteiger partial charge in [-0.3, -0.25) is 10.2 Å². The summed E-state index contributed by atoms with van der Waals surface area (Å²) in [4.78, 5) is 20.2. The van der Waals surface area contributed by atoms with Crippen molar-refractivity contribution in [1.29, 1.82) is 5.41 Å². The summed E-state index contributed by atoms with van der Waals surface area (Å²) in [6.45, 7) is 3.89.